The predicted molar refractivity (Wildman–Crippen MR) is 92.2 cm³/mol. The Bertz CT molecular complexity index is 753. The molecule has 0 atom stereocenters. The van der Waals surface area contributed by atoms with Crippen molar-refractivity contribution in [2.45, 2.75) is 20.1 Å². The van der Waals surface area contributed by atoms with E-state index in [1.165, 1.54) is 29.8 Å². The molecular formula is C18H22F2N4O2. The summed E-state index contributed by atoms with van der Waals surface area (Å²) in [6.45, 7) is 2.78. The number of carbonyl (C=O) groups is 1. The van der Waals surface area contributed by atoms with Crippen LogP contribution in [0.15, 0.2) is 30.5 Å². The van der Waals surface area contributed by atoms with Crippen molar-refractivity contribution in [1.82, 2.24) is 19.6 Å². The Morgan fingerprint density at radius 2 is 1.85 bits per heavy atom. The van der Waals surface area contributed by atoms with Gasteiger partial charge >= 0.3 is 6.61 Å². The first-order chi connectivity index (χ1) is 12.4. The minimum Gasteiger partial charge on any atom is -0.435 e. The summed E-state index contributed by atoms with van der Waals surface area (Å²) in [5.41, 5.74) is 2.70. The smallest absolute Gasteiger partial charge is 0.387 e. The van der Waals surface area contributed by atoms with Crippen LogP contribution in [0.1, 0.15) is 21.6 Å². The first-order valence-corrected chi connectivity index (χ1v) is 8.48. The average molecular weight is 364 g/mol. The van der Waals surface area contributed by atoms with Gasteiger partial charge in [0.25, 0.3) is 5.91 Å². The molecule has 2 aromatic rings. The zero-order chi connectivity index (χ0) is 18.7. The number of hydrogen-bond acceptors (Lipinski definition) is 4. The predicted octanol–water partition coefficient (Wildman–Crippen LogP) is 2.29. The standard InChI is InChI=1S/C18H22F2N4O2/c1-13-15(11-22(2)21-13)12-23-7-9-24(10-8-23)17(25)14-3-5-16(6-4-14)26-18(19)20/h3-6,11,18H,7-10,12H2,1-2H3. The summed E-state index contributed by atoms with van der Waals surface area (Å²) in [7, 11) is 1.91. The fourth-order valence-electron chi connectivity index (χ4n) is 3.12. The second kappa shape index (κ2) is 7.82. The molecule has 1 aromatic heterocycles. The van der Waals surface area contributed by atoms with E-state index in [0.717, 1.165) is 25.3 Å². The number of carbonyl (C=O) groups excluding carboxylic acids is 1. The van der Waals surface area contributed by atoms with Crippen LogP contribution >= 0.6 is 0 Å². The number of benzene rings is 1. The van der Waals surface area contributed by atoms with Crippen LogP contribution in [0.25, 0.3) is 0 Å². The van der Waals surface area contributed by atoms with Crippen molar-refractivity contribution in [3.8, 4) is 5.75 Å². The summed E-state index contributed by atoms with van der Waals surface area (Å²) in [4.78, 5) is 16.6. The lowest BCUT2D eigenvalue weighted by atomic mass is 10.1. The third-order valence-corrected chi connectivity index (χ3v) is 4.50. The lowest BCUT2D eigenvalue weighted by Gasteiger charge is -2.34. The van der Waals surface area contributed by atoms with Crippen LogP contribution < -0.4 is 4.74 Å². The van der Waals surface area contributed by atoms with E-state index in [2.05, 4.69) is 14.7 Å². The SMILES string of the molecule is Cc1nn(C)cc1CN1CCN(C(=O)c2ccc(OC(F)F)cc2)CC1. The zero-order valence-electron chi connectivity index (χ0n) is 14.9. The molecule has 1 saturated heterocycles. The van der Waals surface area contributed by atoms with E-state index in [1.54, 1.807) is 4.90 Å². The molecule has 8 heteroatoms. The molecule has 0 N–H and O–H groups in total. The molecule has 1 fully saturated rings. The molecule has 0 radical (unpaired) electrons. The van der Waals surface area contributed by atoms with Gasteiger partial charge in [0.05, 0.1) is 5.69 Å². The number of ether oxygens (including phenoxy) is 1. The Kier molecular flexibility index (Phi) is 5.51. The highest BCUT2D eigenvalue weighted by atomic mass is 19.3. The summed E-state index contributed by atoms with van der Waals surface area (Å²) in [6, 6.07) is 5.82. The second-order valence-corrected chi connectivity index (χ2v) is 6.38. The van der Waals surface area contributed by atoms with Gasteiger partial charge in [-0.15, -0.1) is 0 Å². The maximum absolute atomic E-state index is 12.6. The van der Waals surface area contributed by atoms with Gasteiger partial charge in [-0.05, 0) is 31.2 Å². The molecule has 1 aliphatic rings. The fourth-order valence-corrected chi connectivity index (χ4v) is 3.12. The number of halogens is 2. The molecule has 1 aliphatic heterocycles. The van der Waals surface area contributed by atoms with E-state index in [9.17, 15) is 13.6 Å². The number of aryl methyl sites for hydroxylation is 2. The molecule has 6 nitrogen and oxygen atoms in total. The van der Waals surface area contributed by atoms with Gasteiger partial charge in [-0.3, -0.25) is 14.4 Å². The van der Waals surface area contributed by atoms with E-state index in [4.69, 9.17) is 0 Å². The maximum Gasteiger partial charge on any atom is 0.387 e. The quantitative estimate of drug-likeness (QED) is 0.817. The van der Waals surface area contributed by atoms with Crippen molar-refractivity contribution < 1.29 is 18.3 Å². The summed E-state index contributed by atoms with van der Waals surface area (Å²) in [5.74, 6) is -0.0426. The number of hydrogen-bond donors (Lipinski definition) is 0. The van der Waals surface area contributed by atoms with Gasteiger partial charge in [-0.1, -0.05) is 0 Å². The van der Waals surface area contributed by atoms with Crippen LogP contribution in [0.5, 0.6) is 5.75 Å². The van der Waals surface area contributed by atoms with Crippen LogP contribution in [0, 0.1) is 6.92 Å². The third-order valence-electron chi connectivity index (χ3n) is 4.50. The van der Waals surface area contributed by atoms with Gasteiger partial charge in [-0.25, -0.2) is 0 Å². The van der Waals surface area contributed by atoms with Gasteiger partial charge in [0.15, 0.2) is 0 Å². The van der Waals surface area contributed by atoms with Gasteiger partial charge in [-0.2, -0.15) is 13.9 Å². The van der Waals surface area contributed by atoms with Crippen molar-refractivity contribution in [3.05, 3.63) is 47.3 Å². The van der Waals surface area contributed by atoms with E-state index in [0.29, 0.717) is 18.7 Å². The topological polar surface area (TPSA) is 50.6 Å². The summed E-state index contributed by atoms with van der Waals surface area (Å²) in [6.07, 6.45) is 2.02. The van der Waals surface area contributed by atoms with Crippen LogP contribution in [0.3, 0.4) is 0 Å². The highest BCUT2D eigenvalue weighted by Crippen LogP contribution is 2.17. The Balaban J connectivity index is 1.54. The fraction of sp³-hybridized carbons (Fsp3) is 0.444. The molecule has 140 valence electrons. The Morgan fingerprint density at radius 1 is 1.19 bits per heavy atom. The average Bonchev–Trinajstić information content (AvgIpc) is 2.92. The third kappa shape index (κ3) is 4.37. The summed E-state index contributed by atoms with van der Waals surface area (Å²) in [5, 5.41) is 4.35. The molecule has 0 aliphatic carbocycles. The number of amides is 1. The highest BCUT2D eigenvalue weighted by molar-refractivity contribution is 5.94. The maximum atomic E-state index is 12.6. The number of piperazine rings is 1. The molecule has 1 amide bonds. The van der Waals surface area contributed by atoms with Crippen molar-refractivity contribution in [2.75, 3.05) is 26.2 Å². The monoisotopic (exact) mass is 364 g/mol. The minimum atomic E-state index is -2.87. The van der Waals surface area contributed by atoms with Crippen molar-refractivity contribution in [1.29, 1.82) is 0 Å². The van der Waals surface area contributed by atoms with Crippen molar-refractivity contribution in [3.63, 3.8) is 0 Å². The zero-order valence-corrected chi connectivity index (χ0v) is 14.9. The first-order valence-electron chi connectivity index (χ1n) is 8.48. The number of alkyl halides is 2. The van der Waals surface area contributed by atoms with Crippen molar-refractivity contribution >= 4 is 5.91 Å². The largest absolute Gasteiger partial charge is 0.435 e. The van der Waals surface area contributed by atoms with Crippen LogP contribution in [0.4, 0.5) is 8.78 Å². The number of aromatic nitrogens is 2. The van der Waals surface area contributed by atoms with Crippen LogP contribution in [0.2, 0.25) is 0 Å². The van der Waals surface area contributed by atoms with Crippen LogP contribution in [-0.2, 0) is 13.6 Å². The van der Waals surface area contributed by atoms with E-state index < -0.39 is 6.61 Å². The molecule has 1 aromatic carbocycles. The highest BCUT2D eigenvalue weighted by Gasteiger charge is 2.23. The van der Waals surface area contributed by atoms with E-state index in [1.807, 2.05) is 24.9 Å². The van der Waals surface area contributed by atoms with E-state index in [-0.39, 0.29) is 11.7 Å². The van der Waals surface area contributed by atoms with Gasteiger partial charge in [0.2, 0.25) is 0 Å². The molecular weight excluding hydrogens is 342 g/mol. The molecule has 3 rings (SSSR count). The Hall–Kier alpha value is -2.48. The molecule has 0 unspecified atom stereocenters. The Morgan fingerprint density at radius 3 is 2.38 bits per heavy atom. The number of rotatable bonds is 5. The van der Waals surface area contributed by atoms with Crippen LogP contribution in [-0.4, -0.2) is 58.3 Å². The van der Waals surface area contributed by atoms with Gasteiger partial charge in [0.1, 0.15) is 5.75 Å². The van der Waals surface area contributed by atoms with Gasteiger partial charge in [0, 0.05) is 57.1 Å². The molecule has 0 saturated carbocycles. The number of nitrogens with zero attached hydrogens (tertiary/aromatic N) is 4. The summed E-state index contributed by atoms with van der Waals surface area (Å²) >= 11 is 0. The normalized spacial score (nSPS) is 15.5. The first kappa shape index (κ1) is 18.3. The lowest BCUT2D eigenvalue weighted by molar-refractivity contribution is -0.0498. The van der Waals surface area contributed by atoms with Gasteiger partial charge < -0.3 is 9.64 Å². The summed E-state index contributed by atoms with van der Waals surface area (Å²) < 4.78 is 30.5. The molecule has 26 heavy (non-hydrogen) atoms. The van der Waals surface area contributed by atoms with Crippen molar-refractivity contribution in [2.24, 2.45) is 7.05 Å². The minimum absolute atomic E-state index is 0.0493. The second-order valence-electron chi connectivity index (χ2n) is 6.38. The lowest BCUT2D eigenvalue weighted by Crippen LogP contribution is -2.48. The van der Waals surface area contributed by atoms with E-state index >= 15 is 0 Å². The molecule has 0 spiro atoms. The molecule has 2 heterocycles. The molecule has 0 bridgehead atoms. The Labute approximate surface area is 151 Å².